The minimum Gasteiger partial charge on any atom is -0.497 e. The van der Waals surface area contributed by atoms with Crippen LogP contribution in [-0.4, -0.2) is 53.0 Å². The number of nitrogens with zero attached hydrogens (tertiary/aromatic N) is 2. The van der Waals surface area contributed by atoms with Crippen molar-refractivity contribution in [3.63, 3.8) is 0 Å². The Morgan fingerprint density at radius 3 is 2.60 bits per heavy atom. The van der Waals surface area contributed by atoms with Gasteiger partial charge in [-0.2, -0.15) is 4.31 Å². The lowest BCUT2D eigenvalue weighted by atomic mass is 9.98. The molecule has 0 bridgehead atoms. The fourth-order valence-electron chi connectivity index (χ4n) is 3.71. The Bertz CT molecular complexity index is 1020. The number of methoxy groups -OCH3 is 2. The number of benzene rings is 2. The number of carbonyl (C=O) groups is 1. The number of hydrogen-bond acceptors (Lipinski definition) is 5. The molecule has 162 valence electrons. The third-order valence-corrected chi connectivity index (χ3v) is 7.33. The lowest BCUT2D eigenvalue weighted by Gasteiger charge is -2.33. The second-order valence-electron chi connectivity index (χ2n) is 7.46. The zero-order valence-electron chi connectivity index (χ0n) is 17.8. The van der Waals surface area contributed by atoms with Gasteiger partial charge in [0.25, 0.3) is 0 Å². The normalized spacial score (nSPS) is 17.4. The van der Waals surface area contributed by atoms with Crippen molar-refractivity contribution in [2.75, 3.05) is 39.3 Å². The van der Waals surface area contributed by atoms with Gasteiger partial charge in [-0.1, -0.05) is 12.1 Å². The molecule has 2 aromatic rings. The quantitative estimate of drug-likeness (QED) is 0.701. The third-order valence-electron chi connectivity index (χ3n) is 5.44. The molecule has 1 aliphatic rings. The smallest absolute Gasteiger partial charge is 0.246 e. The molecule has 30 heavy (non-hydrogen) atoms. The summed E-state index contributed by atoms with van der Waals surface area (Å²) in [5.41, 5.74) is 1.54. The molecule has 2 aromatic carbocycles. The molecule has 1 amide bonds. The molecule has 0 radical (unpaired) electrons. The predicted octanol–water partition coefficient (Wildman–Crippen LogP) is 3.08. The van der Waals surface area contributed by atoms with Crippen LogP contribution < -0.4 is 14.4 Å². The standard InChI is InChI=1S/C22H28N2O5S/c1-16-10-11-20(29-4)21(13-16)30(26,27)24-12-6-7-17(15-24)22(25)23(2)18-8-5-9-19(14-18)28-3/h5,8-11,13-14,17H,6-7,12,15H2,1-4H3/t17-/m1/s1. The first-order valence-electron chi connectivity index (χ1n) is 9.84. The zero-order valence-corrected chi connectivity index (χ0v) is 18.6. The molecule has 0 aromatic heterocycles. The van der Waals surface area contributed by atoms with Gasteiger partial charge in [0.1, 0.15) is 16.4 Å². The average molecular weight is 433 g/mol. The van der Waals surface area contributed by atoms with E-state index in [4.69, 9.17) is 9.47 Å². The summed E-state index contributed by atoms with van der Waals surface area (Å²) < 4.78 is 38.5. The summed E-state index contributed by atoms with van der Waals surface area (Å²) in [4.78, 5) is 14.8. The van der Waals surface area contributed by atoms with Crippen LogP contribution in [0.3, 0.4) is 0 Å². The summed E-state index contributed by atoms with van der Waals surface area (Å²) in [6, 6.07) is 12.3. The number of aryl methyl sites for hydroxylation is 1. The summed E-state index contributed by atoms with van der Waals surface area (Å²) in [5.74, 6) is 0.439. The van der Waals surface area contributed by atoms with Gasteiger partial charge in [-0.25, -0.2) is 8.42 Å². The van der Waals surface area contributed by atoms with Crippen LogP contribution in [0.4, 0.5) is 5.69 Å². The molecule has 1 saturated heterocycles. The first-order chi connectivity index (χ1) is 14.3. The lowest BCUT2D eigenvalue weighted by molar-refractivity contribution is -0.123. The Balaban J connectivity index is 1.82. The van der Waals surface area contributed by atoms with E-state index in [1.165, 1.54) is 11.4 Å². The Hall–Kier alpha value is -2.58. The molecule has 1 atom stereocenters. The highest BCUT2D eigenvalue weighted by molar-refractivity contribution is 7.89. The molecule has 0 saturated carbocycles. The molecule has 0 spiro atoms. The van der Waals surface area contributed by atoms with Crippen molar-refractivity contribution >= 4 is 21.6 Å². The molecule has 0 unspecified atom stereocenters. The highest BCUT2D eigenvalue weighted by Gasteiger charge is 2.36. The van der Waals surface area contributed by atoms with Gasteiger partial charge in [-0.15, -0.1) is 0 Å². The topological polar surface area (TPSA) is 76.2 Å². The van der Waals surface area contributed by atoms with Crippen LogP contribution in [0.15, 0.2) is 47.4 Å². The predicted molar refractivity (Wildman–Crippen MR) is 116 cm³/mol. The molecular formula is C22H28N2O5S. The van der Waals surface area contributed by atoms with Crippen LogP contribution in [-0.2, 0) is 14.8 Å². The Kier molecular flexibility index (Phi) is 6.67. The maximum absolute atomic E-state index is 13.3. The van der Waals surface area contributed by atoms with Crippen molar-refractivity contribution in [2.24, 2.45) is 5.92 Å². The lowest BCUT2D eigenvalue weighted by Crippen LogP contribution is -2.46. The average Bonchev–Trinajstić information content (AvgIpc) is 2.78. The van der Waals surface area contributed by atoms with E-state index in [2.05, 4.69) is 0 Å². The number of sulfonamides is 1. The summed E-state index contributed by atoms with van der Waals surface area (Å²) >= 11 is 0. The first kappa shape index (κ1) is 22.1. The van der Waals surface area contributed by atoms with Gasteiger partial charge in [0.05, 0.1) is 20.1 Å². The van der Waals surface area contributed by atoms with Crippen molar-refractivity contribution in [2.45, 2.75) is 24.7 Å². The number of anilines is 1. The highest BCUT2D eigenvalue weighted by Crippen LogP contribution is 2.31. The fraction of sp³-hybridized carbons (Fsp3) is 0.409. The van der Waals surface area contributed by atoms with E-state index in [-0.39, 0.29) is 17.3 Å². The molecule has 3 rings (SSSR count). The number of amides is 1. The van der Waals surface area contributed by atoms with Gasteiger partial charge >= 0.3 is 0 Å². The highest BCUT2D eigenvalue weighted by atomic mass is 32.2. The molecule has 7 nitrogen and oxygen atoms in total. The van der Waals surface area contributed by atoms with Gasteiger partial charge in [-0.3, -0.25) is 4.79 Å². The number of ether oxygens (including phenoxy) is 2. The van der Waals surface area contributed by atoms with Crippen LogP contribution >= 0.6 is 0 Å². The second-order valence-corrected chi connectivity index (χ2v) is 9.36. The van der Waals surface area contributed by atoms with Gasteiger partial charge in [0, 0.05) is 31.9 Å². The van der Waals surface area contributed by atoms with Crippen molar-refractivity contribution in [1.82, 2.24) is 4.31 Å². The van der Waals surface area contributed by atoms with Gasteiger partial charge in [0.15, 0.2) is 0 Å². The number of piperidine rings is 1. The first-order valence-corrected chi connectivity index (χ1v) is 11.3. The molecule has 8 heteroatoms. The maximum Gasteiger partial charge on any atom is 0.246 e. The Labute approximate surface area is 178 Å². The summed E-state index contributed by atoms with van der Waals surface area (Å²) in [5, 5.41) is 0. The van der Waals surface area contributed by atoms with E-state index >= 15 is 0 Å². The Morgan fingerprint density at radius 2 is 1.90 bits per heavy atom. The van der Waals surface area contributed by atoms with E-state index in [9.17, 15) is 13.2 Å². The van der Waals surface area contributed by atoms with Crippen molar-refractivity contribution in [3.8, 4) is 11.5 Å². The van der Waals surface area contributed by atoms with Crippen LogP contribution in [0.1, 0.15) is 18.4 Å². The van der Waals surface area contributed by atoms with Crippen LogP contribution in [0, 0.1) is 12.8 Å². The molecular weight excluding hydrogens is 404 g/mol. The third kappa shape index (κ3) is 4.44. The van der Waals surface area contributed by atoms with Gasteiger partial charge in [-0.05, 0) is 49.6 Å². The summed E-state index contributed by atoms with van der Waals surface area (Å²) in [6.07, 6.45) is 1.26. The van der Waals surface area contributed by atoms with Crippen LogP contribution in [0.5, 0.6) is 11.5 Å². The minimum atomic E-state index is -3.78. The van der Waals surface area contributed by atoms with Crippen molar-refractivity contribution in [1.29, 1.82) is 0 Å². The molecule has 1 aliphatic heterocycles. The molecule has 1 heterocycles. The Morgan fingerprint density at radius 1 is 1.13 bits per heavy atom. The van der Waals surface area contributed by atoms with E-state index in [0.29, 0.717) is 36.6 Å². The van der Waals surface area contributed by atoms with Crippen LogP contribution in [0.25, 0.3) is 0 Å². The number of rotatable bonds is 6. The van der Waals surface area contributed by atoms with E-state index in [0.717, 1.165) is 5.56 Å². The van der Waals surface area contributed by atoms with E-state index in [1.54, 1.807) is 37.3 Å². The fourth-order valence-corrected chi connectivity index (χ4v) is 5.47. The van der Waals surface area contributed by atoms with Crippen molar-refractivity contribution in [3.05, 3.63) is 48.0 Å². The molecule has 0 aliphatic carbocycles. The van der Waals surface area contributed by atoms with E-state index in [1.807, 2.05) is 31.2 Å². The summed E-state index contributed by atoms with van der Waals surface area (Å²) in [7, 11) is 0.953. The monoisotopic (exact) mass is 432 g/mol. The van der Waals surface area contributed by atoms with Gasteiger partial charge in [0.2, 0.25) is 15.9 Å². The SMILES string of the molecule is COc1cccc(N(C)C(=O)[C@@H]2CCCN(S(=O)(=O)c3cc(C)ccc3OC)C2)c1. The largest absolute Gasteiger partial charge is 0.497 e. The molecule has 1 fully saturated rings. The van der Waals surface area contributed by atoms with Crippen LogP contribution in [0.2, 0.25) is 0 Å². The molecule has 0 N–H and O–H groups in total. The minimum absolute atomic E-state index is 0.112. The van der Waals surface area contributed by atoms with E-state index < -0.39 is 15.9 Å². The maximum atomic E-state index is 13.3. The van der Waals surface area contributed by atoms with Crippen molar-refractivity contribution < 1.29 is 22.7 Å². The second kappa shape index (κ2) is 9.06. The number of carbonyl (C=O) groups excluding carboxylic acids is 1. The number of hydrogen-bond donors (Lipinski definition) is 0. The van der Waals surface area contributed by atoms with Gasteiger partial charge < -0.3 is 14.4 Å². The zero-order chi connectivity index (χ0) is 21.9. The summed E-state index contributed by atoms with van der Waals surface area (Å²) in [6.45, 7) is 2.36.